The van der Waals surface area contributed by atoms with E-state index in [2.05, 4.69) is 9.71 Å². The lowest BCUT2D eigenvalue weighted by Gasteiger charge is -2.08. The molecule has 0 amide bonds. The molecule has 2 N–H and O–H groups in total. The Hall–Kier alpha value is -1.18. The van der Waals surface area contributed by atoms with Crippen LogP contribution < -0.4 is 10.3 Å². The Labute approximate surface area is 113 Å². The van der Waals surface area contributed by atoms with Crippen molar-refractivity contribution < 1.29 is 13.2 Å². The second-order valence-corrected chi connectivity index (χ2v) is 6.18. The molecule has 0 aliphatic rings. The number of pyridine rings is 1. The van der Waals surface area contributed by atoms with Crippen molar-refractivity contribution in [3.63, 3.8) is 0 Å². The van der Waals surface area contributed by atoms with Crippen LogP contribution in [0.4, 0.5) is 0 Å². The van der Waals surface area contributed by atoms with Crippen LogP contribution in [0.3, 0.4) is 0 Å². The fraction of sp³-hybridized carbons (Fsp3) is 0.583. The van der Waals surface area contributed by atoms with Gasteiger partial charge in [-0.3, -0.25) is 4.79 Å². The normalized spacial score (nSPS) is 11.9. The van der Waals surface area contributed by atoms with Gasteiger partial charge in [-0.2, -0.15) is 0 Å². The SMILES string of the molecule is CC(C)OCCCCNS(=O)(=O)c1ccc(=O)[nH]c1. The summed E-state index contributed by atoms with van der Waals surface area (Å²) < 4.78 is 31.5. The van der Waals surface area contributed by atoms with E-state index in [9.17, 15) is 13.2 Å². The van der Waals surface area contributed by atoms with Gasteiger partial charge >= 0.3 is 0 Å². The van der Waals surface area contributed by atoms with E-state index in [4.69, 9.17) is 4.74 Å². The lowest BCUT2D eigenvalue weighted by Crippen LogP contribution is -2.25. The van der Waals surface area contributed by atoms with Crippen molar-refractivity contribution in [1.82, 2.24) is 9.71 Å². The smallest absolute Gasteiger partial charge is 0.247 e. The second kappa shape index (κ2) is 7.42. The first-order valence-corrected chi connectivity index (χ1v) is 7.70. The van der Waals surface area contributed by atoms with Crippen LogP contribution in [0.1, 0.15) is 26.7 Å². The Morgan fingerprint density at radius 1 is 1.32 bits per heavy atom. The van der Waals surface area contributed by atoms with Gasteiger partial charge in [0.25, 0.3) is 0 Å². The molecular weight excluding hydrogens is 268 g/mol. The number of rotatable bonds is 8. The third kappa shape index (κ3) is 6.00. The minimum absolute atomic E-state index is 0.0607. The maximum atomic E-state index is 11.8. The van der Waals surface area contributed by atoms with Gasteiger partial charge in [0, 0.05) is 25.4 Å². The monoisotopic (exact) mass is 288 g/mol. The van der Waals surface area contributed by atoms with E-state index >= 15 is 0 Å². The predicted octanol–water partition coefficient (Wildman–Crippen LogP) is 0.858. The number of ether oxygens (including phenoxy) is 1. The van der Waals surface area contributed by atoms with Crippen molar-refractivity contribution in [2.24, 2.45) is 0 Å². The van der Waals surface area contributed by atoms with Crippen LogP contribution >= 0.6 is 0 Å². The number of aromatic nitrogens is 1. The molecule has 108 valence electrons. The molecule has 1 aromatic rings. The molecule has 0 saturated heterocycles. The minimum Gasteiger partial charge on any atom is -0.379 e. The van der Waals surface area contributed by atoms with E-state index in [0.717, 1.165) is 6.42 Å². The minimum atomic E-state index is -3.54. The highest BCUT2D eigenvalue weighted by Gasteiger charge is 2.12. The second-order valence-electron chi connectivity index (χ2n) is 4.41. The molecule has 0 bridgehead atoms. The molecule has 7 heteroatoms. The maximum Gasteiger partial charge on any atom is 0.247 e. The molecule has 0 aliphatic heterocycles. The third-order valence-corrected chi connectivity index (χ3v) is 3.84. The summed E-state index contributed by atoms with van der Waals surface area (Å²) in [4.78, 5) is 13.2. The van der Waals surface area contributed by atoms with Gasteiger partial charge in [0.05, 0.1) is 11.0 Å². The summed E-state index contributed by atoms with van der Waals surface area (Å²) in [6.07, 6.45) is 2.88. The van der Waals surface area contributed by atoms with E-state index < -0.39 is 10.0 Å². The van der Waals surface area contributed by atoms with Gasteiger partial charge in [0.2, 0.25) is 15.6 Å². The zero-order chi connectivity index (χ0) is 14.3. The van der Waals surface area contributed by atoms with Crippen LogP contribution in [-0.2, 0) is 14.8 Å². The highest BCUT2D eigenvalue weighted by molar-refractivity contribution is 7.89. The maximum absolute atomic E-state index is 11.8. The number of hydrogen-bond donors (Lipinski definition) is 2. The summed E-state index contributed by atoms with van der Waals surface area (Å²) in [5.74, 6) is 0. The summed E-state index contributed by atoms with van der Waals surface area (Å²) in [7, 11) is -3.54. The Kier molecular flexibility index (Phi) is 6.20. The molecule has 0 aromatic carbocycles. The van der Waals surface area contributed by atoms with Crippen LogP contribution in [0, 0.1) is 0 Å². The number of H-pyrrole nitrogens is 1. The van der Waals surface area contributed by atoms with Crippen molar-refractivity contribution in [3.8, 4) is 0 Å². The lowest BCUT2D eigenvalue weighted by molar-refractivity contribution is 0.0762. The molecular formula is C12H20N2O4S. The summed E-state index contributed by atoms with van der Waals surface area (Å²) in [5, 5.41) is 0. The van der Waals surface area contributed by atoms with Gasteiger partial charge in [-0.15, -0.1) is 0 Å². The fourth-order valence-electron chi connectivity index (χ4n) is 1.40. The molecule has 19 heavy (non-hydrogen) atoms. The quantitative estimate of drug-likeness (QED) is 0.694. The van der Waals surface area contributed by atoms with E-state index in [0.29, 0.717) is 19.6 Å². The number of sulfonamides is 1. The van der Waals surface area contributed by atoms with Gasteiger partial charge < -0.3 is 9.72 Å². The molecule has 1 heterocycles. The number of unbranched alkanes of at least 4 members (excludes halogenated alkanes) is 1. The number of nitrogens with one attached hydrogen (secondary N) is 2. The molecule has 6 nitrogen and oxygen atoms in total. The molecule has 0 fully saturated rings. The van der Waals surface area contributed by atoms with Crippen molar-refractivity contribution in [2.45, 2.75) is 37.7 Å². The van der Waals surface area contributed by atoms with Gasteiger partial charge in [0.1, 0.15) is 0 Å². The van der Waals surface area contributed by atoms with Crippen molar-refractivity contribution >= 4 is 10.0 Å². The Balaban J connectivity index is 2.35. The van der Waals surface area contributed by atoms with Crippen LogP contribution in [0.2, 0.25) is 0 Å². The number of hydrogen-bond acceptors (Lipinski definition) is 4. The van der Waals surface area contributed by atoms with E-state index in [1.54, 1.807) is 0 Å². The molecule has 0 aliphatic carbocycles. The Morgan fingerprint density at radius 3 is 2.63 bits per heavy atom. The first-order chi connectivity index (χ1) is 8.92. The van der Waals surface area contributed by atoms with Crippen LogP contribution in [-0.4, -0.2) is 32.7 Å². The Morgan fingerprint density at radius 2 is 2.05 bits per heavy atom. The molecule has 0 unspecified atom stereocenters. The van der Waals surface area contributed by atoms with Gasteiger partial charge in [0.15, 0.2) is 0 Å². The Bertz CT molecular complexity index is 516. The van der Waals surface area contributed by atoms with Crippen LogP contribution in [0.5, 0.6) is 0 Å². The van der Waals surface area contributed by atoms with Crippen molar-refractivity contribution in [1.29, 1.82) is 0 Å². The molecule has 1 rings (SSSR count). The van der Waals surface area contributed by atoms with Crippen molar-refractivity contribution in [3.05, 3.63) is 28.7 Å². The third-order valence-electron chi connectivity index (χ3n) is 2.38. The number of aromatic amines is 1. The standard InChI is InChI=1S/C12H20N2O4S/c1-10(2)18-8-4-3-7-14-19(16,17)11-5-6-12(15)13-9-11/h5-6,9-10,14H,3-4,7-8H2,1-2H3,(H,13,15). The van der Waals surface area contributed by atoms with Gasteiger partial charge in [-0.05, 0) is 32.8 Å². The first kappa shape index (κ1) is 15.9. The topological polar surface area (TPSA) is 88.3 Å². The first-order valence-electron chi connectivity index (χ1n) is 6.22. The molecule has 1 aromatic heterocycles. The van der Waals surface area contributed by atoms with Crippen molar-refractivity contribution in [2.75, 3.05) is 13.2 Å². The largest absolute Gasteiger partial charge is 0.379 e. The van der Waals surface area contributed by atoms with E-state index in [1.807, 2.05) is 13.8 Å². The molecule has 0 radical (unpaired) electrons. The van der Waals surface area contributed by atoms with E-state index in [1.165, 1.54) is 18.3 Å². The van der Waals surface area contributed by atoms with Crippen LogP contribution in [0.15, 0.2) is 28.0 Å². The molecule has 0 saturated carbocycles. The summed E-state index contributed by atoms with van der Waals surface area (Å²) >= 11 is 0. The average molecular weight is 288 g/mol. The lowest BCUT2D eigenvalue weighted by atomic mass is 10.3. The highest BCUT2D eigenvalue weighted by Crippen LogP contribution is 2.04. The van der Waals surface area contributed by atoms with E-state index in [-0.39, 0.29) is 16.6 Å². The van der Waals surface area contributed by atoms with Gasteiger partial charge in [-0.25, -0.2) is 13.1 Å². The van der Waals surface area contributed by atoms with Gasteiger partial charge in [-0.1, -0.05) is 0 Å². The zero-order valence-electron chi connectivity index (χ0n) is 11.2. The highest BCUT2D eigenvalue weighted by atomic mass is 32.2. The average Bonchev–Trinajstić information content (AvgIpc) is 2.34. The van der Waals surface area contributed by atoms with Crippen LogP contribution in [0.25, 0.3) is 0 Å². The molecule has 0 spiro atoms. The fourth-order valence-corrected chi connectivity index (χ4v) is 2.44. The summed E-state index contributed by atoms with van der Waals surface area (Å²) in [6, 6.07) is 2.47. The summed E-state index contributed by atoms with van der Waals surface area (Å²) in [6.45, 7) is 4.89. The predicted molar refractivity (Wildman–Crippen MR) is 72.6 cm³/mol. The zero-order valence-corrected chi connectivity index (χ0v) is 12.0. The molecule has 0 atom stereocenters. The summed E-state index contributed by atoms with van der Waals surface area (Å²) in [5.41, 5.74) is -0.329.